The van der Waals surface area contributed by atoms with Crippen LogP contribution in [0.3, 0.4) is 0 Å². The molecule has 0 unspecified atom stereocenters. The van der Waals surface area contributed by atoms with Gasteiger partial charge in [-0.1, -0.05) is 55.3 Å². The van der Waals surface area contributed by atoms with Crippen LogP contribution in [-0.2, 0) is 6.42 Å². The van der Waals surface area contributed by atoms with Crippen LogP contribution >= 0.6 is 11.6 Å². The Morgan fingerprint density at radius 3 is 2.62 bits per heavy atom. The zero-order valence-electron chi connectivity index (χ0n) is 18.8. The minimum absolute atomic E-state index is 0.134. The molecule has 0 amide bonds. The van der Waals surface area contributed by atoms with Gasteiger partial charge in [0.1, 0.15) is 5.75 Å². The van der Waals surface area contributed by atoms with Crippen LogP contribution in [0.2, 0.25) is 5.02 Å². The molecule has 1 heterocycles. The van der Waals surface area contributed by atoms with E-state index in [0.29, 0.717) is 27.5 Å². The Labute approximate surface area is 195 Å². The van der Waals surface area contributed by atoms with Crippen LogP contribution in [0.1, 0.15) is 51.0 Å². The van der Waals surface area contributed by atoms with Crippen LogP contribution in [0.4, 0.5) is 0 Å². The van der Waals surface area contributed by atoms with Gasteiger partial charge in [0.2, 0.25) is 0 Å². The van der Waals surface area contributed by atoms with Gasteiger partial charge in [-0.25, -0.2) is 0 Å². The maximum Gasteiger partial charge on any atom is 0.255 e. The van der Waals surface area contributed by atoms with Gasteiger partial charge in [0.05, 0.1) is 11.1 Å². The van der Waals surface area contributed by atoms with E-state index in [-0.39, 0.29) is 11.7 Å². The molecule has 2 aromatic carbocycles. The Morgan fingerprint density at radius 2 is 1.94 bits per heavy atom. The number of pyridine rings is 1. The zero-order valence-corrected chi connectivity index (χ0v) is 19.5. The van der Waals surface area contributed by atoms with E-state index in [1.54, 1.807) is 12.3 Å². The summed E-state index contributed by atoms with van der Waals surface area (Å²) in [4.78, 5) is 14.7. The van der Waals surface area contributed by atoms with Gasteiger partial charge in [-0.3, -0.25) is 4.79 Å². The number of nitrogens with one attached hydrogen (secondary N) is 1. The first-order valence-corrected chi connectivity index (χ1v) is 12.1. The van der Waals surface area contributed by atoms with Crippen molar-refractivity contribution in [3.8, 4) is 5.75 Å². The van der Waals surface area contributed by atoms with E-state index in [9.17, 15) is 4.79 Å². The molecule has 1 aliphatic rings. The molecule has 3 aromatic rings. The van der Waals surface area contributed by atoms with Gasteiger partial charge in [-0.05, 0) is 85.6 Å². The van der Waals surface area contributed by atoms with Crippen molar-refractivity contribution in [2.75, 3.05) is 6.54 Å². The second kappa shape index (κ2) is 10.1. The van der Waals surface area contributed by atoms with Crippen molar-refractivity contribution in [2.24, 2.45) is 17.1 Å². The van der Waals surface area contributed by atoms with Gasteiger partial charge >= 0.3 is 0 Å². The summed E-state index contributed by atoms with van der Waals surface area (Å²) in [7, 11) is 0. The summed E-state index contributed by atoms with van der Waals surface area (Å²) in [5.74, 6) is 1.25. The van der Waals surface area contributed by atoms with Crippen molar-refractivity contribution in [1.82, 2.24) is 4.98 Å². The molecule has 1 atom stereocenters. The Morgan fingerprint density at radius 1 is 1.19 bits per heavy atom. The lowest BCUT2D eigenvalue weighted by Crippen LogP contribution is -2.39. The average molecular weight is 453 g/mol. The molecule has 32 heavy (non-hydrogen) atoms. The summed E-state index contributed by atoms with van der Waals surface area (Å²) in [6.07, 6.45) is 9.39. The van der Waals surface area contributed by atoms with Gasteiger partial charge in [0, 0.05) is 11.6 Å². The van der Waals surface area contributed by atoms with E-state index < -0.39 is 0 Å². The third kappa shape index (κ3) is 4.87. The molecule has 4 nitrogen and oxygen atoms in total. The molecule has 5 heteroatoms. The Balaban J connectivity index is 1.47. The van der Waals surface area contributed by atoms with Crippen molar-refractivity contribution in [1.29, 1.82) is 0 Å². The third-order valence-electron chi connectivity index (χ3n) is 7.46. The number of ether oxygens (including phenoxy) is 1. The first-order chi connectivity index (χ1) is 15.5. The lowest BCUT2D eigenvalue weighted by molar-refractivity contribution is 0.0292. The second-order valence-corrected chi connectivity index (χ2v) is 9.58. The van der Waals surface area contributed by atoms with Crippen LogP contribution in [0.5, 0.6) is 5.75 Å². The fraction of sp³-hybridized carbons (Fsp3) is 0.444. The molecule has 1 aliphatic carbocycles. The van der Waals surface area contributed by atoms with E-state index in [0.717, 1.165) is 56.9 Å². The van der Waals surface area contributed by atoms with Crippen molar-refractivity contribution in [2.45, 2.75) is 58.0 Å². The topological polar surface area (TPSA) is 68.1 Å². The highest BCUT2D eigenvalue weighted by Gasteiger charge is 2.40. The summed E-state index contributed by atoms with van der Waals surface area (Å²) < 4.78 is 6.36. The molecule has 3 N–H and O–H groups in total. The third-order valence-corrected chi connectivity index (χ3v) is 7.75. The van der Waals surface area contributed by atoms with Crippen LogP contribution in [0.25, 0.3) is 10.8 Å². The number of aromatic nitrogens is 1. The van der Waals surface area contributed by atoms with E-state index >= 15 is 0 Å². The van der Waals surface area contributed by atoms with Crippen LogP contribution in [-0.4, -0.2) is 17.6 Å². The maximum absolute atomic E-state index is 12.0. The quantitative estimate of drug-likeness (QED) is 0.433. The fourth-order valence-electron chi connectivity index (χ4n) is 5.52. The SMILES string of the molecule is CCC1([C@H](CCN)Cc2ccccc2)CCC(Oc2cc3cc[nH]c(=O)c3cc2Cl)CC1. The molecule has 0 aliphatic heterocycles. The summed E-state index contributed by atoms with van der Waals surface area (Å²) in [6.45, 7) is 3.05. The molecule has 1 fully saturated rings. The molecule has 0 saturated heterocycles. The predicted octanol–water partition coefficient (Wildman–Crippen LogP) is 6.11. The molecule has 1 aromatic heterocycles. The minimum Gasteiger partial charge on any atom is -0.489 e. The molecular weight excluding hydrogens is 420 g/mol. The number of hydrogen-bond acceptors (Lipinski definition) is 3. The highest BCUT2D eigenvalue weighted by atomic mass is 35.5. The summed E-state index contributed by atoms with van der Waals surface area (Å²) in [6, 6.07) is 16.3. The van der Waals surface area contributed by atoms with Crippen molar-refractivity contribution >= 4 is 22.4 Å². The Bertz CT molecular complexity index is 1090. The summed E-state index contributed by atoms with van der Waals surface area (Å²) >= 11 is 6.47. The number of rotatable bonds is 8. The van der Waals surface area contributed by atoms with E-state index in [1.807, 2.05) is 12.1 Å². The molecular formula is C27H33ClN2O2. The number of nitrogens with two attached hydrogens (primary N) is 1. The predicted molar refractivity (Wildman–Crippen MR) is 132 cm³/mol. The van der Waals surface area contributed by atoms with E-state index in [2.05, 4.69) is 42.2 Å². The highest BCUT2D eigenvalue weighted by Crippen LogP contribution is 2.48. The maximum atomic E-state index is 12.0. The van der Waals surface area contributed by atoms with Crippen LogP contribution in [0, 0.1) is 11.3 Å². The van der Waals surface area contributed by atoms with Gasteiger partial charge in [-0.15, -0.1) is 0 Å². The normalized spacial score (nSPS) is 22.0. The number of benzene rings is 2. The monoisotopic (exact) mass is 452 g/mol. The number of H-pyrrole nitrogens is 1. The standard InChI is InChI=1S/C27H33ClN2O2/c1-2-27(21(10-14-29)16-19-6-4-3-5-7-19)12-8-22(9-13-27)32-25-17-20-11-15-30-26(31)23(20)18-24(25)28/h3-7,11,15,17-18,21-22H,2,8-10,12-14,16,29H2,1H3,(H,30,31)/t21-,22?,27?/m1/s1. The van der Waals surface area contributed by atoms with Crippen molar-refractivity contribution < 1.29 is 4.74 Å². The minimum atomic E-state index is -0.134. The molecule has 0 spiro atoms. The largest absolute Gasteiger partial charge is 0.489 e. The van der Waals surface area contributed by atoms with E-state index in [1.165, 1.54) is 5.56 Å². The van der Waals surface area contributed by atoms with Gasteiger partial charge in [0.25, 0.3) is 5.56 Å². The lowest BCUT2D eigenvalue weighted by atomic mass is 9.61. The number of halogens is 1. The number of hydrogen-bond donors (Lipinski definition) is 2. The van der Waals surface area contributed by atoms with Crippen LogP contribution in [0.15, 0.2) is 59.5 Å². The molecule has 0 radical (unpaired) electrons. The molecule has 0 bridgehead atoms. The van der Waals surface area contributed by atoms with Gasteiger partial charge in [-0.2, -0.15) is 0 Å². The van der Waals surface area contributed by atoms with Crippen LogP contribution < -0.4 is 16.0 Å². The van der Waals surface area contributed by atoms with Crippen molar-refractivity contribution in [3.63, 3.8) is 0 Å². The smallest absolute Gasteiger partial charge is 0.255 e. The van der Waals surface area contributed by atoms with Crippen molar-refractivity contribution in [3.05, 3.63) is 75.7 Å². The van der Waals surface area contributed by atoms with Gasteiger partial charge in [0.15, 0.2) is 0 Å². The number of fused-ring (bicyclic) bond motifs is 1. The Hall–Kier alpha value is -2.30. The van der Waals surface area contributed by atoms with Gasteiger partial charge < -0.3 is 15.5 Å². The summed E-state index contributed by atoms with van der Waals surface area (Å²) in [5, 5.41) is 1.92. The van der Waals surface area contributed by atoms with E-state index in [4.69, 9.17) is 22.1 Å². The second-order valence-electron chi connectivity index (χ2n) is 9.17. The molecule has 4 rings (SSSR count). The molecule has 170 valence electrons. The number of aromatic amines is 1. The first kappa shape index (κ1) is 22.9. The Kier molecular flexibility index (Phi) is 7.22. The first-order valence-electron chi connectivity index (χ1n) is 11.8. The zero-order chi connectivity index (χ0) is 22.6. The summed E-state index contributed by atoms with van der Waals surface area (Å²) in [5.41, 5.74) is 7.61. The highest BCUT2D eigenvalue weighted by molar-refractivity contribution is 6.32. The lowest BCUT2D eigenvalue weighted by Gasteiger charge is -2.45. The average Bonchev–Trinajstić information content (AvgIpc) is 2.81. The molecule has 1 saturated carbocycles. The fourth-order valence-corrected chi connectivity index (χ4v) is 5.73.